The highest BCUT2D eigenvalue weighted by Crippen LogP contribution is 2.43. The van der Waals surface area contributed by atoms with Crippen molar-refractivity contribution in [1.29, 1.82) is 0 Å². The Morgan fingerprint density at radius 3 is 2.29 bits per heavy atom. The zero-order valence-corrected chi connectivity index (χ0v) is 24.3. The molecule has 41 heavy (non-hydrogen) atoms. The fraction of sp³-hybridized carbons (Fsp3) is 0.281. The highest BCUT2D eigenvalue weighted by atomic mass is 16.5. The molecule has 2 heterocycles. The molecular weight excluding hydrogens is 520 g/mol. The van der Waals surface area contributed by atoms with Crippen LogP contribution in [0.4, 0.5) is 11.6 Å². The molecule has 212 valence electrons. The van der Waals surface area contributed by atoms with Gasteiger partial charge in [-0.3, -0.25) is 14.5 Å². The second-order valence-electron chi connectivity index (χ2n) is 11.3. The summed E-state index contributed by atoms with van der Waals surface area (Å²) in [5.41, 5.74) is 3.81. The van der Waals surface area contributed by atoms with E-state index in [0.29, 0.717) is 33.7 Å². The highest BCUT2D eigenvalue weighted by molar-refractivity contribution is 6.51. The van der Waals surface area contributed by atoms with Crippen molar-refractivity contribution < 1.29 is 24.2 Å². The molecule has 1 aliphatic rings. The topological polar surface area (TPSA) is 108 Å². The number of nitrogens with zero attached hydrogens (tertiary/aromatic N) is 3. The fourth-order valence-electron chi connectivity index (χ4n) is 5.13. The minimum absolute atomic E-state index is 0.0179. The van der Waals surface area contributed by atoms with Gasteiger partial charge in [-0.25, -0.2) is 4.98 Å². The third-order valence-electron chi connectivity index (χ3n) is 7.36. The molecular formula is C32H34N4O5. The van der Waals surface area contributed by atoms with Crippen molar-refractivity contribution in [3.63, 3.8) is 0 Å². The molecule has 0 radical (unpaired) electrons. The lowest BCUT2D eigenvalue weighted by Gasteiger charge is -2.25. The third kappa shape index (κ3) is 4.88. The Labute approximate surface area is 239 Å². The number of ether oxygens (including phenoxy) is 2. The molecule has 1 saturated heterocycles. The second-order valence-corrected chi connectivity index (χ2v) is 11.3. The van der Waals surface area contributed by atoms with Crippen molar-refractivity contribution in [2.24, 2.45) is 0 Å². The van der Waals surface area contributed by atoms with E-state index in [1.165, 1.54) is 4.90 Å². The van der Waals surface area contributed by atoms with Gasteiger partial charge in [-0.1, -0.05) is 32.9 Å². The monoisotopic (exact) mass is 554 g/mol. The number of benzene rings is 3. The molecule has 0 aliphatic carbocycles. The van der Waals surface area contributed by atoms with E-state index in [0.717, 1.165) is 11.3 Å². The van der Waals surface area contributed by atoms with E-state index >= 15 is 0 Å². The smallest absolute Gasteiger partial charge is 0.302 e. The van der Waals surface area contributed by atoms with Crippen molar-refractivity contribution in [3.8, 4) is 11.5 Å². The largest absolute Gasteiger partial charge is 0.507 e. The van der Waals surface area contributed by atoms with E-state index in [9.17, 15) is 14.7 Å². The maximum absolute atomic E-state index is 13.7. The van der Waals surface area contributed by atoms with Crippen molar-refractivity contribution in [2.75, 3.05) is 38.1 Å². The van der Waals surface area contributed by atoms with E-state index in [1.54, 1.807) is 50.6 Å². The fourth-order valence-corrected chi connectivity index (χ4v) is 5.13. The van der Waals surface area contributed by atoms with Crippen LogP contribution >= 0.6 is 0 Å². The number of imidazole rings is 1. The molecule has 1 amide bonds. The molecule has 0 saturated carbocycles. The van der Waals surface area contributed by atoms with Crippen LogP contribution in [0.5, 0.6) is 11.5 Å². The van der Waals surface area contributed by atoms with E-state index < -0.39 is 17.7 Å². The van der Waals surface area contributed by atoms with Crippen LogP contribution in [-0.2, 0) is 15.0 Å². The zero-order chi connectivity index (χ0) is 29.6. The second kappa shape index (κ2) is 10.3. The number of anilines is 2. The summed E-state index contributed by atoms with van der Waals surface area (Å²) < 4.78 is 10.9. The Morgan fingerprint density at radius 2 is 1.68 bits per heavy atom. The number of hydrogen-bond acceptors (Lipinski definition) is 7. The number of carbonyl (C=O) groups excluding carboxylic acids is 2. The van der Waals surface area contributed by atoms with Gasteiger partial charge in [-0.2, -0.15) is 0 Å². The molecule has 0 bridgehead atoms. The molecule has 9 heteroatoms. The van der Waals surface area contributed by atoms with Crippen molar-refractivity contribution in [1.82, 2.24) is 9.97 Å². The number of nitrogens with one attached hydrogen (secondary N) is 1. The minimum atomic E-state index is -0.922. The van der Waals surface area contributed by atoms with Crippen LogP contribution in [0.15, 0.2) is 66.2 Å². The summed E-state index contributed by atoms with van der Waals surface area (Å²) in [6.45, 7) is 6.11. The number of Topliss-reactive ketones (excluding diaryl/α,β-unsaturated/α-hetero) is 1. The Kier molecular flexibility index (Phi) is 6.98. The number of rotatable bonds is 6. The van der Waals surface area contributed by atoms with Gasteiger partial charge in [0.1, 0.15) is 17.3 Å². The van der Waals surface area contributed by atoms with Crippen molar-refractivity contribution in [3.05, 3.63) is 82.9 Å². The molecule has 1 unspecified atom stereocenters. The number of carbonyl (C=O) groups is 2. The summed E-state index contributed by atoms with van der Waals surface area (Å²) in [6, 6.07) is 17.2. The summed E-state index contributed by atoms with van der Waals surface area (Å²) in [7, 11) is 7.02. The molecule has 5 rings (SSSR count). The van der Waals surface area contributed by atoms with Gasteiger partial charge >= 0.3 is 5.91 Å². The molecule has 1 fully saturated rings. The number of aromatic nitrogens is 2. The number of aliphatic hydroxyl groups is 1. The number of amides is 1. The van der Waals surface area contributed by atoms with Gasteiger partial charge in [0.25, 0.3) is 5.78 Å². The van der Waals surface area contributed by atoms with Crippen LogP contribution in [0, 0.1) is 0 Å². The molecule has 1 aliphatic heterocycles. The molecule has 2 N–H and O–H groups in total. The van der Waals surface area contributed by atoms with Crippen molar-refractivity contribution >= 4 is 40.1 Å². The summed E-state index contributed by atoms with van der Waals surface area (Å²) in [6.07, 6.45) is 0. The maximum Gasteiger partial charge on any atom is 0.302 e. The lowest BCUT2D eigenvalue weighted by molar-refractivity contribution is -0.132. The normalized spacial score (nSPS) is 16.9. The van der Waals surface area contributed by atoms with E-state index in [4.69, 9.17) is 9.47 Å². The quantitative estimate of drug-likeness (QED) is 0.182. The Bertz CT molecular complexity index is 1680. The Hall–Kier alpha value is -4.79. The number of fused-ring (bicyclic) bond motifs is 1. The van der Waals surface area contributed by atoms with Gasteiger partial charge in [0.15, 0.2) is 0 Å². The van der Waals surface area contributed by atoms with Gasteiger partial charge in [-0.15, -0.1) is 0 Å². The molecule has 1 aromatic heterocycles. The van der Waals surface area contributed by atoms with Crippen LogP contribution in [0.3, 0.4) is 0 Å². The maximum atomic E-state index is 13.7. The van der Waals surface area contributed by atoms with Crippen molar-refractivity contribution in [2.45, 2.75) is 32.2 Å². The van der Waals surface area contributed by atoms with Gasteiger partial charge in [0.05, 0.1) is 36.9 Å². The predicted molar refractivity (Wildman–Crippen MR) is 160 cm³/mol. The van der Waals surface area contributed by atoms with Crippen LogP contribution in [-0.4, -0.2) is 55.1 Å². The summed E-state index contributed by atoms with van der Waals surface area (Å²) >= 11 is 0. The number of aliphatic hydroxyl groups excluding tert-OH is 1. The molecule has 1 atom stereocenters. The standard InChI is InChI=1S/C32H34N4O5/c1-32(2,3)22-16-19(10-15-25(22)41-7)28(37)26-27(18-8-11-20(12-9-18)35(4)5)36(30(39)29(26)38)31-33-23-14-13-21(40-6)17-24(23)34-31/h8-17,27,37H,1-7H3,(H,33,34)/b28-26+. The summed E-state index contributed by atoms with van der Waals surface area (Å²) in [5.74, 6) is -0.360. The van der Waals surface area contributed by atoms with E-state index in [2.05, 4.69) is 9.97 Å². The zero-order valence-electron chi connectivity index (χ0n) is 24.3. The number of methoxy groups -OCH3 is 2. The number of aromatic amines is 1. The first-order chi connectivity index (χ1) is 19.4. The number of hydrogen-bond donors (Lipinski definition) is 2. The molecule has 4 aromatic rings. The third-order valence-corrected chi connectivity index (χ3v) is 7.36. The van der Waals surface area contributed by atoms with E-state index in [-0.39, 0.29) is 22.7 Å². The highest BCUT2D eigenvalue weighted by Gasteiger charge is 2.48. The molecule has 3 aromatic carbocycles. The average Bonchev–Trinajstić information content (AvgIpc) is 3.49. The predicted octanol–water partition coefficient (Wildman–Crippen LogP) is 5.57. The van der Waals surface area contributed by atoms with Gasteiger partial charge in [-0.05, 0) is 53.4 Å². The van der Waals surface area contributed by atoms with Gasteiger partial charge in [0.2, 0.25) is 5.95 Å². The lowest BCUT2D eigenvalue weighted by Crippen LogP contribution is -2.30. The van der Waals surface area contributed by atoms with Crippen LogP contribution in [0.1, 0.15) is 43.5 Å². The van der Waals surface area contributed by atoms with Crippen LogP contribution in [0.2, 0.25) is 0 Å². The summed E-state index contributed by atoms with van der Waals surface area (Å²) in [5, 5.41) is 11.7. The Balaban J connectivity index is 1.72. The first kappa shape index (κ1) is 27.8. The SMILES string of the molecule is COc1ccc2nc(N3C(=O)C(=O)/C(=C(/O)c4ccc(OC)c(C(C)(C)C)c4)C3c3ccc(N(C)C)cc3)[nH]c2c1. The van der Waals surface area contributed by atoms with Crippen LogP contribution in [0.25, 0.3) is 16.8 Å². The first-order valence-electron chi connectivity index (χ1n) is 13.3. The minimum Gasteiger partial charge on any atom is -0.507 e. The van der Waals surface area contributed by atoms with Crippen LogP contribution < -0.4 is 19.3 Å². The Morgan fingerprint density at radius 1 is 0.976 bits per heavy atom. The van der Waals surface area contributed by atoms with E-state index in [1.807, 2.05) is 64.0 Å². The lowest BCUT2D eigenvalue weighted by atomic mass is 9.84. The average molecular weight is 555 g/mol. The summed E-state index contributed by atoms with van der Waals surface area (Å²) in [4.78, 5) is 38.4. The molecule has 9 nitrogen and oxygen atoms in total. The first-order valence-corrected chi connectivity index (χ1v) is 13.3. The number of ketones is 1. The molecule has 0 spiro atoms. The number of H-pyrrole nitrogens is 1. The van der Waals surface area contributed by atoms with Gasteiger partial charge in [0, 0.05) is 37.0 Å². The van der Waals surface area contributed by atoms with Gasteiger partial charge < -0.3 is 24.5 Å².